The summed E-state index contributed by atoms with van der Waals surface area (Å²) in [6, 6.07) is 70.3. The minimum Gasteiger partial charge on any atom is -0.308 e. The van der Waals surface area contributed by atoms with Gasteiger partial charge >= 0.3 is 6.18 Å². The van der Waals surface area contributed by atoms with Crippen LogP contribution in [0.3, 0.4) is 0 Å². The van der Waals surface area contributed by atoms with E-state index in [1.807, 2.05) is 48.5 Å². The fourth-order valence-corrected chi connectivity index (χ4v) is 11.1. The summed E-state index contributed by atoms with van der Waals surface area (Å²) >= 11 is 0. The summed E-state index contributed by atoms with van der Waals surface area (Å²) in [5.41, 5.74) is 16.9. The molecule has 3 nitrogen and oxygen atoms in total. The summed E-state index contributed by atoms with van der Waals surface area (Å²) in [5.74, 6) is 0. The number of alkyl halides is 3. The maximum atomic E-state index is 15.7. The van der Waals surface area contributed by atoms with E-state index in [0.29, 0.717) is 22.5 Å². The van der Waals surface area contributed by atoms with Crippen LogP contribution in [0.25, 0.3) is 111 Å². The van der Waals surface area contributed by atoms with Crippen LogP contribution in [0.1, 0.15) is 33.4 Å². The number of aromatic nitrogens is 2. The molecule has 346 valence electrons. The number of fused-ring (bicyclic) bond motifs is 6. The lowest BCUT2D eigenvalue weighted by atomic mass is 9.94. The number of hydrogen-bond acceptors (Lipinski definition) is 1. The van der Waals surface area contributed by atoms with Gasteiger partial charge in [0.1, 0.15) is 0 Å². The Morgan fingerprint density at radius 3 is 0.944 bits per heavy atom. The maximum Gasteiger partial charge on any atom is 0.417 e. The Bertz CT molecular complexity index is 3780. The molecule has 10 aromatic carbocycles. The second-order valence-corrected chi connectivity index (χ2v) is 18.9. The number of nitriles is 1. The number of rotatable bonds is 7. The Morgan fingerprint density at radius 1 is 0.361 bits per heavy atom. The standard InChI is InChI=1S/C66H46F3N3/c1-40-15-5-9-19-49(40)45-25-29-59-54(35-45)55-36-46(50-20-10-6-16-41(50)2)26-30-60(55)71(59)63-33-44(39-70)34-64(65(63)53-23-13-14-24-58(53)66(67,68)69)72-61-31-27-47(51-21-11-7-17-42(51)3)37-56(61)57-38-48(28-32-62(57)72)52-22-12-8-18-43(52)4/h5-38H,1-4H3. The molecular formula is C66H46F3N3. The lowest BCUT2D eigenvalue weighted by molar-refractivity contribution is -0.137. The quantitative estimate of drug-likeness (QED) is 0.157. The van der Waals surface area contributed by atoms with Crippen molar-refractivity contribution in [1.29, 1.82) is 5.26 Å². The average Bonchev–Trinajstić information content (AvgIpc) is 3.89. The monoisotopic (exact) mass is 937 g/mol. The molecule has 0 amide bonds. The van der Waals surface area contributed by atoms with Crippen LogP contribution < -0.4 is 0 Å². The Kier molecular flexibility index (Phi) is 10.6. The van der Waals surface area contributed by atoms with Gasteiger partial charge in [-0.25, -0.2) is 0 Å². The van der Waals surface area contributed by atoms with E-state index in [-0.39, 0.29) is 5.56 Å². The summed E-state index contributed by atoms with van der Waals surface area (Å²) in [6.07, 6.45) is -4.71. The third-order valence-corrected chi connectivity index (χ3v) is 14.6. The van der Waals surface area contributed by atoms with Gasteiger partial charge in [-0.1, -0.05) is 140 Å². The smallest absolute Gasteiger partial charge is 0.308 e. The van der Waals surface area contributed by atoms with E-state index in [1.54, 1.807) is 24.3 Å². The third kappa shape index (κ3) is 7.28. The minimum atomic E-state index is -4.71. The summed E-state index contributed by atoms with van der Waals surface area (Å²) in [7, 11) is 0. The second kappa shape index (κ2) is 17.2. The molecule has 0 saturated carbocycles. The average molecular weight is 938 g/mol. The van der Waals surface area contributed by atoms with Gasteiger partial charge in [-0.3, -0.25) is 0 Å². The zero-order valence-electron chi connectivity index (χ0n) is 40.1. The Morgan fingerprint density at radius 2 is 0.653 bits per heavy atom. The van der Waals surface area contributed by atoms with Gasteiger partial charge in [0.2, 0.25) is 0 Å². The highest BCUT2D eigenvalue weighted by molar-refractivity contribution is 6.14. The molecule has 12 aromatic rings. The van der Waals surface area contributed by atoms with Crippen molar-refractivity contribution in [3.63, 3.8) is 0 Å². The molecule has 72 heavy (non-hydrogen) atoms. The molecule has 0 N–H and O–H groups in total. The van der Waals surface area contributed by atoms with Gasteiger partial charge in [0.25, 0.3) is 0 Å². The lowest BCUT2D eigenvalue weighted by Crippen LogP contribution is -2.11. The molecule has 2 aromatic heterocycles. The van der Waals surface area contributed by atoms with Crippen LogP contribution in [0.5, 0.6) is 0 Å². The molecule has 0 bridgehead atoms. The van der Waals surface area contributed by atoms with Crippen LogP contribution in [-0.2, 0) is 6.18 Å². The van der Waals surface area contributed by atoms with E-state index in [2.05, 4.69) is 164 Å². The molecule has 0 fully saturated rings. The number of benzene rings is 10. The largest absolute Gasteiger partial charge is 0.417 e. The van der Waals surface area contributed by atoms with Crippen molar-refractivity contribution in [3.05, 3.63) is 240 Å². The van der Waals surface area contributed by atoms with Crippen molar-refractivity contribution in [2.24, 2.45) is 0 Å². The molecule has 0 aliphatic rings. The van der Waals surface area contributed by atoms with Gasteiger partial charge in [0.05, 0.1) is 50.6 Å². The van der Waals surface area contributed by atoms with E-state index in [0.717, 1.165) is 116 Å². The molecule has 0 aliphatic heterocycles. The first kappa shape index (κ1) is 44.3. The third-order valence-electron chi connectivity index (χ3n) is 14.6. The molecule has 0 aliphatic carbocycles. The van der Waals surface area contributed by atoms with Crippen LogP contribution in [0.4, 0.5) is 13.2 Å². The van der Waals surface area contributed by atoms with E-state index in [1.165, 1.54) is 6.07 Å². The van der Waals surface area contributed by atoms with Crippen LogP contribution in [0.15, 0.2) is 206 Å². The Labute approximate surface area is 415 Å². The highest BCUT2D eigenvalue weighted by atomic mass is 19.4. The summed E-state index contributed by atoms with van der Waals surface area (Å²) in [4.78, 5) is 0. The van der Waals surface area contributed by atoms with Crippen molar-refractivity contribution < 1.29 is 13.2 Å². The normalized spacial score (nSPS) is 11.8. The predicted molar refractivity (Wildman–Crippen MR) is 291 cm³/mol. The molecule has 0 atom stereocenters. The first-order chi connectivity index (χ1) is 35.0. The van der Waals surface area contributed by atoms with Crippen molar-refractivity contribution in [2.75, 3.05) is 0 Å². The molecule has 0 radical (unpaired) electrons. The highest BCUT2D eigenvalue weighted by Crippen LogP contribution is 2.48. The molecule has 0 unspecified atom stereocenters. The van der Waals surface area contributed by atoms with Crippen molar-refractivity contribution in [1.82, 2.24) is 9.13 Å². The van der Waals surface area contributed by atoms with Crippen LogP contribution in [-0.4, -0.2) is 9.13 Å². The predicted octanol–water partition coefficient (Wildman–Crippen LogP) is 18.3. The highest BCUT2D eigenvalue weighted by Gasteiger charge is 2.36. The van der Waals surface area contributed by atoms with Gasteiger partial charge in [-0.2, -0.15) is 18.4 Å². The zero-order valence-corrected chi connectivity index (χ0v) is 40.1. The molecule has 0 saturated heterocycles. The topological polar surface area (TPSA) is 33.6 Å². The van der Waals surface area contributed by atoms with Crippen LogP contribution >= 0.6 is 0 Å². The molecule has 2 heterocycles. The molecule has 12 rings (SSSR count). The number of halogens is 3. The molecular weight excluding hydrogens is 892 g/mol. The SMILES string of the molecule is Cc1ccccc1-c1ccc2c(c1)c1cc(-c3ccccc3C)ccc1n2-c1cc(C#N)cc(-n2c3ccc(-c4ccccc4C)cc3c3cc(-c4ccccc4C)ccc32)c1-c1ccccc1C(F)(F)F. The molecule has 0 spiro atoms. The zero-order chi connectivity index (χ0) is 49.4. The van der Waals surface area contributed by atoms with Gasteiger partial charge in [0, 0.05) is 27.1 Å². The van der Waals surface area contributed by atoms with Gasteiger partial charge in [-0.05, 0) is 167 Å². The van der Waals surface area contributed by atoms with Gasteiger partial charge in [-0.15, -0.1) is 0 Å². The Balaban J connectivity index is 1.23. The van der Waals surface area contributed by atoms with E-state index < -0.39 is 11.7 Å². The van der Waals surface area contributed by atoms with Gasteiger partial charge < -0.3 is 9.13 Å². The second-order valence-electron chi connectivity index (χ2n) is 18.9. The fourth-order valence-electron chi connectivity index (χ4n) is 11.1. The van der Waals surface area contributed by atoms with E-state index in [9.17, 15) is 5.26 Å². The van der Waals surface area contributed by atoms with Crippen molar-refractivity contribution >= 4 is 43.6 Å². The minimum absolute atomic E-state index is 0.00520. The first-order valence-electron chi connectivity index (χ1n) is 24.1. The first-order valence-corrected chi connectivity index (χ1v) is 24.1. The Hall–Kier alpha value is -8.92. The number of aryl methyl sites for hydroxylation is 4. The van der Waals surface area contributed by atoms with Crippen molar-refractivity contribution in [2.45, 2.75) is 33.9 Å². The van der Waals surface area contributed by atoms with Gasteiger partial charge in [0.15, 0.2) is 0 Å². The van der Waals surface area contributed by atoms with Crippen LogP contribution in [0, 0.1) is 39.0 Å². The number of nitrogens with zero attached hydrogens (tertiary/aromatic N) is 3. The maximum absolute atomic E-state index is 15.7. The fraction of sp³-hybridized carbons (Fsp3) is 0.0758. The van der Waals surface area contributed by atoms with E-state index in [4.69, 9.17) is 0 Å². The summed E-state index contributed by atoms with van der Waals surface area (Å²) in [5, 5.41) is 14.8. The lowest BCUT2D eigenvalue weighted by Gasteiger charge is -2.23. The number of hydrogen-bond donors (Lipinski definition) is 0. The summed E-state index contributed by atoms with van der Waals surface area (Å²) < 4.78 is 51.3. The molecule has 6 heteroatoms. The van der Waals surface area contributed by atoms with Crippen molar-refractivity contribution in [3.8, 4) is 73.1 Å². The summed E-state index contributed by atoms with van der Waals surface area (Å²) in [6.45, 7) is 8.39. The van der Waals surface area contributed by atoms with E-state index >= 15 is 13.2 Å². The van der Waals surface area contributed by atoms with Crippen LogP contribution in [0.2, 0.25) is 0 Å².